The molecule has 1 N–H and O–H groups in total. The molecule has 3 heterocycles. The molecule has 0 unspecified atom stereocenters. The quantitative estimate of drug-likeness (QED) is 0.258. The summed E-state index contributed by atoms with van der Waals surface area (Å²) < 4.78 is 2.06. The number of hydrogen-bond acceptors (Lipinski definition) is 3. The molecule has 0 saturated carbocycles. The molecule has 0 bridgehead atoms. The molecule has 2 aliphatic rings. The van der Waals surface area contributed by atoms with Crippen LogP contribution in [-0.4, -0.2) is 40.2 Å². The van der Waals surface area contributed by atoms with Crippen LogP contribution in [0.5, 0.6) is 0 Å². The third-order valence-electron chi connectivity index (χ3n) is 9.11. The van der Waals surface area contributed by atoms with E-state index in [0.717, 1.165) is 44.5 Å². The van der Waals surface area contributed by atoms with E-state index < -0.39 is 0 Å². The van der Waals surface area contributed by atoms with Gasteiger partial charge in [-0.1, -0.05) is 98.8 Å². The predicted octanol–water partition coefficient (Wildman–Crippen LogP) is 7.05. The van der Waals surface area contributed by atoms with Crippen molar-refractivity contribution < 1.29 is 4.79 Å². The van der Waals surface area contributed by atoms with Gasteiger partial charge in [-0.3, -0.25) is 9.48 Å². The zero-order valence-corrected chi connectivity index (χ0v) is 24.3. The number of benzene rings is 3. The average Bonchev–Trinajstić information content (AvgIpc) is 3.71. The van der Waals surface area contributed by atoms with Crippen molar-refractivity contribution in [3.8, 4) is 11.1 Å². The maximum atomic E-state index is 14.5. The molecule has 2 fully saturated rings. The van der Waals surface area contributed by atoms with Crippen LogP contribution in [0.25, 0.3) is 11.1 Å². The van der Waals surface area contributed by atoms with Gasteiger partial charge in [-0.2, -0.15) is 5.10 Å². The summed E-state index contributed by atoms with van der Waals surface area (Å²) in [5.41, 5.74) is 6.18. The lowest BCUT2D eigenvalue weighted by atomic mass is 9.80. The summed E-state index contributed by atoms with van der Waals surface area (Å²) in [6.07, 6.45) is 7.21. The van der Waals surface area contributed by atoms with E-state index in [9.17, 15) is 4.79 Å². The second-order valence-corrected chi connectivity index (χ2v) is 12.2. The third kappa shape index (κ3) is 6.01. The number of carbonyl (C=O) groups is 1. The van der Waals surface area contributed by atoms with E-state index in [2.05, 4.69) is 125 Å². The van der Waals surface area contributed by atoms with Crippen molar-refractivity contribution in [2.24, 2.45) is 11.8 Å². The fourth-order valence-corrected chi connectivity index (χ4v) is 6.82. The van der Waals surface area contributed by atoms with E-state index in [1.807, 2.05) is 6.20 Å². The summed E-state index contributed by atoms with van der Waals surface area (Å²) in [6, 6.07) is 30.2. The van der Waals surface area contributed by atoms with Crippen molar-refractivity contribution in [3.05, 3.63) is 114 Å². The highest BCUT2D eigenvalue weighted by Crippen LogP contribution is 2.42. The second-order valence-electron chi connectivity index (χ2n) is 12.2. The number of rotatable bonds is 8. The topological polar surface area (TPSA) is 50.2 Å². The molecule has 6 rings (SSSR count). The smallest absolute Gasteiger partial charge is 0.228 e. The number of aryl methyl sites for hydroxylation is 1. The number of amides is 1. The lowest BCUT2D eigenvalue weighted by Crippen LogP contribution is -2.45. The van der Waals surface area contributed by atoms with Gasteiger partial charge in [0.1, 0.15) is 0 Å². The van der Waals surface area contributed by atoms with E-state index in [0.29, 0.717) is 18.4 Å². The van der Waals surface area contributed by atoms with Crippen molar-refractivity contribution in [2.75, 3.05) is 19.6 Å². The highest BCUT2D eigenvalue weighted by atomic mass is 16.2. The molecule has 212 valence electrons. The van der Waals surface area contributed by atoms with Gasteiger partial charge in [0, 0.05) is 43.9 Å². The Hall–Kier alpha value is -3.70. The molecule has 0 spiro atoms. The van der Waals surface area contributed by atoms with Crippen LogP contribution in [0, 0.1) is 11.8 Å². The van der Waals surface area contributed by atoms with Crippen molar-refractivity contribution >= 4 is 5.91 Å². The fourth-order valence-electron chi connectivity index (χ4n) is 6.82. The molecule has 4 atom stereocenters. The summed E-state index contributed by atoms with van der Waals surface area (Å²) in [4.78, 5) is 16.7. The Labute approximate surface area is 244 Å². The first-order valence-electron chi connectivity index (χ1n) is 15.3. The van der Waals surface area contributed by atoms with Gasteiger partial charge in [-0.15, -0.1) is 0 Å². The van der Waals surface area contributed by atoms with Crippen molar-refractivity contribution in [3.63, 3.8) is 0 Å². The van der Waals surface area contributed by atoms with Gasteiger partial charge in [-0.05, 0) is 53.4 Å². The molecule has 1 amide bonds. The molecule has 5 nitrogen and oxygen atoms in total. The summed E-state index contributed by atoms with van der Waals surface area (Å²) in [5.74, 6) is 1.41. The molecule has 5 heteroatoms. The number of piperidine rings is 1. The summed E-state index contributed by atoms with van der Waals surface area (Å²) in [6.45, 7) is 7.72. The number of likely N-dealkylation sites (tertiary alicyclic amines) is 1. The monoisotopic (exact) mass is 546 g/mol. The van der Waals surface area contributed by atoms with Crippen LogP contribution >= 0.6 is 0 Å². The fraction of sp³-hybridized carbons (Fsp3) is 0.389. The van der Waals surface area contributed by atoms with Crippen LogP contribution in [0.15, 0.2) is 97.3 Å². The minimum atomic E-state index is -0.0911. The van der Waals surface area contributed by atoms with Crippen LogP contribution < -0.4 is 5.32 Å². The lowest BCUT2D eigenvalue weighted by Gasteiger charge is -2.42. The molecule has 0 radical (unpaired) electrons. The molecule has 3 aromatic carbocycles. The first-order valence-corrected chi connectivity index (χ1v) is 15.3. The highest BCUT2D eigenvalue weighted by molar-refractivity contribution is 5.82. The Morgan fingerprint density at radius 1 is 0.927 bits per heavy atom. The number of nitrogens with zero attached hydrogens (tertiary/aromatic N) is 3. The molecule has 0 aliphatic carbocycles. The van der Waals surface area contributed by atoms with Crippen molar-refractivity contribution in [1.82, 2.24) is 20.0 Å². The van der Waals surface area contributed by atoms with E-state index in [1.165, 1.54) is 22.3 Å². The molecular formula is C36H42N4O. The van der Waals surface area contributed by atoms with Crippen LogP contribution in [0.4, 0.5) is 0 Å². The van der Waals surface area contributed by atoms with Gasteiger partial charge in [0.2, 0.25) is 5.91 Å². The minimum Gasteiger partial charge on any atom is -0.335 e. The zero-order chi connectivity index (χ0) is 28.2. The van der Waals surface area contributed by atoms with Gasteiger partial charge in [-0.25, -0.2) is 0 Å². The van der Waals surface area contributed by atoms with Gasteiger partial charge < -0.3 is 10.2 Å². The number of nitrogens with one attached hydrogen (secondary N) is 1. The summed E-state index contributed by atoms with van der Waals surface area (Å²) >= 11 is 0. The van der Waals surface area contributed by atoms with Gasteiger partial charge in [0.25, 0.3) is 0 Å². The first kappa shape index (κ1) is 27.5. The molecule has 41 heavy (non-hydrogen) atoms. The maximum absolute atomic E-state index is 14.5. The number of aromatic nitrogens is 2. The molecule has 2 saturated heterocycles. The summed E-state index contributed by atoms with van der Waals surface area (Å²) in [5, 5.41) is 8.24. The van der Waals surface area contributed by atoms with Crippen LogP contribution in [-0.2, 0) is 11.3 Å². The Bertz CT molecular complexity index is 1430. The van der Waals surface area contributed by atoms with Gasteiger partial charge in [0.15, 0.2) is 0 Å². The molecular weight excluding hydrogens is 504 g/mol. The minimum absolute atomic E-state index is 0.0818. The van der Waals surface area contributed by atoms with Crippen LogP contribution in [0.1, 0.15) is 67.7 Å². The second kappa shape index (κ2) is 12.4. The normalized spacial score (nSPS) is 22.8. The predicted molar refractivity (Wildman–Crippen MR) is 166 cm³/mol. The SMILES string of the molecule is CC(C)CCn1cc(-c2ccccc2[C@@H]2CNC[C@H]2C(=O)N2CC[C@H](c3ccccc3)C[C@@H]2c2ccccc2)cn1. The van der Waals surface area contributed by atoms with Crippen LogP contribution in [0.3, 0.4) is 0 Å². The average molecular weight is 547 g/mol. The molecule has 2 aliphatic heterocycles. The summed E-state index contributed by atoms with van der Waals surface area (Å²) in [7, 11) is 0. The van der Waals surface area contributed by atoms with E-state index in [-0.39, 0.29) is 23.8 Å². The van der Waals surface area contributed by atoms with E-state index >= 15 is 0 Å². The molecule has 1 aromatic heterocycles. The van der Waals surface area contributed by atoms with E-state index in [4.69, 9.17) is 0 Å². The number of carbonyl (C=O) groups excluding carboxylic acids is 1. The largest absolute Gasteiger partial charge is 0.335 e. The van der Waals surface area contributed by atoms with Crippen molar-refractivity contribution in [1.29, 1.82) is 0 Å². The van der Waals surface area contributed by atoms with Crippen LogP contribution in [0.2, 0.25) is 0 Å². The maximum Gasteiger partial charge on any atom is 0.228 e. The standard InChI is InChI=1S/C36H42N4O/c1-26(2)17-19-39-25-30(22-38-39)31-15-9-10-16-32(31)33-23-37-24-34(33)36(41)40-20-18-29(27-11-5-3-6-12-27)21-35(40)28-13-7-4-8-14-28/h3-16,22,25-26,29,33-35,37H,17-21,23-24H2,1-2H3/t29-,33-,34+,35+/m0/s1. The zero-order valence-electron chi connectivity index (χ0n) is 24.3. The first-order chi connectivity index (χ1) is 20.1. The Balaban J connectivity index is 1.26. The highest BCUT2D eigenvalue weighted by Gasteiger charge is 2.41. The third-order valence-corrected chi connectivity index (χ3v) is 9.11. The Morgan fingerprint density at radius 3 is 2.39 bits per heavy atom. The van der Waals surface area contributed by atoms with Crippen molar-refractivity contribution in [2.45, 2.75) is 57.5 Å². The molecule has 4 aromatic rings. The van der Waals surface area contributed by atoms with Gasteiger partial charge in [0.05, 0.1) is 18.2 Å². The number of hydrogen-bond donors (Lipinski definition) is 1. The Kier molecular flexibility index (Phi) is 8.33. The van der Waals surface area contributed by atoms with E-state index in [1.54, 1.807) is 0 Å². The Morgan fingerprint density at radius 2 is 1.63 bits per heavy atom. The lowest BCUT2D eigenvalue weighted by molar-refractivity contribution is -0.139. The van der Waals surface area contributed by atoms with Gasteiger partial charge >= 0.3 is 0 Å².